The Kier molecular flexibility index (Phi) is 7.34. The Morgan fingerprint density at radius 2 is 2.00 bits per heavy atom. The zero-order valence-corrected chi connectivity index (χ0v) is 9.99. The van der Waals surface area contributed by atoms with Crippen LogP contribution >= 0.6 is 0 Å². The molecule has 0 heterocycles. The van der Waals surface area contributed by atoms with Crippen molar-refractivity contribution in [1.82, 2.24) is 5.32 Å². The third-order valence-electron chi connectivity index (χ3n) is 2.58. The van der Waals surface area contributed by atoms with E-state index in [9.17, 15) is 4.79 Å². The van der Waals surface area contributed by atoms with E-state index in [4.69, 9.17) is 10.8 Å². The number of carbonyl (C=O) groups excluding carboxylic acids is 1. The van der Waals surface area contributed by atoms with Gasteiger partial charge in [0.05, 0.1) is 5.92 Å². The number of aliphatic hydroxyl groups is 1. The summed E-state index contributed by atoms with van der Waals surface area (Å²) in [5.74, 6) is 0.180. The highest BCUT2D eigenvalue weighted by Gasteiger charge is 2.21. The van der Waals surface area contributed by atoms with E-state index in [-0.39, 0.29) is 30.4 Å². The zero-order chi connectivity index (χ0) is 11.8. The van der Waals surface area contributed by atoms with Gasteiger partial charge in [0, 0.05) is 19.2 Å². The molecule has 0 aromatic rings. The van der Waals surface area contributed by atoms with Crippen LogP contribution in [0.5, 0.6) is 0 Å². The molecular weight excluding hydrogens is 192 g/mol. The first kappa shape index (κ1) is 14.4. The van der Waals surface area contributed by atoms with E-state index in [1.54, 1.807) is 0 Å². The van der Waals surface area contributed by atoms with E-state index in [1.165, 1.54) is 0 Å². The van der Waals surface area contributed by atoms with Crippen molar-refractivity contribution in [2.24, 2.45) is 17.6 Å². The van der Waals surface area contributed by atoms with Crippen LogP contribution in [-0.4, -0.2) is 30.2 Å². The van der Waals surface area contributed by atoms with Crippen LogP contribution in [0.4, 0.5) is 0 Å². The van der Waals surface area contributed by atoms with Crippen LogP contribution in [0.15, 0.2) is 0 Å². The van der Waals surface area contributed by atoms with Crippen molar-refractivity contribution in [3.05, 3.63) is 0 Å². The van der Waals surface area contributed by atoms with Gasteiger partial charge < -0.3 is 16.2 Å². The molecule has 0 aromatic carbocycles. The maximum atomic E-state index is 11.7. The molecule has 0 radical (unpaired) electrons. The van der Waals surface area contributed by atoms with Crippen molar-refractivity contribution in [3.8, 4) is 0 Å². The first-order valence-electron chi connectivity index (χ1n) is 5.64. The summed E-state index contributed by atoms with van der Waals surface area (Å²) in [6.45, 7) is 6.49. The Morgan fingerprint density at radius 3 is 2.40 bits per heavy atom. The fourth-order valence-electron chi connectivity index (χ4n) is 1.50. The molecule has 0 fully saturated rings. The summed E-state index contributed by atoms with van der Waals surface area (Å²) in [5.41, 5.74) is 5.55. The van der Waals surface area contributed by atoms with Crippen molar-refractivity contribution < 1.29 is 9.90 Å². The van der Waals surface area contributed by atoms with Crippen LogP contribution in [0.2, 0.25) is 0 Å². The molecule has 0 saturated carbocycles. The molecule has 4 N–H and O–H groups in total. The highest BCUT2D eigenvalue weighted by molar-refractivity contribution is 5.79. The fourth-order valence-corrected chi connectivity index (χ4v) is 1.50. The Hall–Kier alpha value is -0.610. The predicted molar refractivity (Wildman–Crippen MR) is 61.3 cm³/mol. The van der Waals surface area contributed by atoms with Gasteiger partial charge in [-0.3, -0.25) is 4.79 Å². The lowest BCUT2D eigenvalue weighted by atomic mass is 9.94. The topological polar surface area (TPSA) is 75.3 Å². The second-order valence-corrected chi connectivity index (χ2v) is 4.36. The monoisotopic (exact) mass is 216 g/mol. The molecular formula is C11H24N2O2. The maximum absolute atomic E-state index is 11.7. The third-order valence-corrected chi connectivity index (χ3v) is 2.58. The summed E-state index contributed by atoms with van der Waals surface area (Å²) in [5, 5.41) is 11.6. The molecule has 2 atom stereocenters. The van der Waals surface area contributed by atoms with Crippen molar-refractivity contribution in [2.75, 3.05) is 13.2 Å². The van der Waals surface area contributed by atoms with Gasteiger partial charge in [0.1, 0.15) is 0 Å². The SMILES string of the molecule is CC(CCCO)NC(=O)C(CN)C(C)C. The minimum Gasteiger partial charge on any atom is -0.396 e. The van der Waals surface area contributed by atoms with Gasteiger partial charge in [0.2, 0.25) is 5.91 Å². The van der Waals surface area contributed by atoms with Gasteiger partial charge in [-0.2, -0.15) is 0 Å². The molecule has 0 saturated heterocycles. The van der Waals surface area contributed by atoms with Crippen LogP contribution < -0.4 is 11.1 Å². The lowest BCUT2D eigenvalue weighted by molar-refractivity contribution is -0.126. The van der Waals surface area contributed by atoms with Gasteiger partial charge in [-0.05, 0) is 25.7 Å². The van der Waals surface area contributed by atoms with E-state index >= 15 is 0 Å². The second-order valence-electron chi connectivity index (χ2n) is 4.36. The summed E-state index contributed by atoms with van der Waals surface area (Å²) < 4.78 is 0. The number of amides is 1. The van der Waals surface area contributed by atoms with Crippen LogP contribution in [0.1, 0.15) is 33.6 Å². The summed E-state index contributed by atoms with van der Waals surface area (Å²) >= 11 is 0. The summed E-state index contributed by atoms with van der Waals surface area (Å²) in [6, 6.07) is 0.109. The molecule has 2 unspecified atom stereocenters. The molecule has 0 aliphatic carbocycles. The lowest BCUT2D eigenvalue weighted by Gasteiger charge is -2.21. The Labute approximate surface area is 92.2 Å². The normalized spacial score (nSPS) is 15.1. The van der Waals surface area contributed by atoms with Crippen molar-refractivity contribution in [2.45, 2.75) is 39.7 Å². The molecule has 1 amide bonds. The van der Waals surface area contributed by atoms with E-state index in [0.29, 0.717) is 6.54 Å². The summed E-state index contributed by atoms with van der Waals surface area (Å²) in [7, 11) is 0. The molecule has 0 bridgehead atoms. The van der Waals surface area contributed by atoms with Crippen molar-refractivity contribution >= 4 is 5.91 Å². The van der Waals surface area contributed by atoms with Crippen LogP contribution in [0.25, 0.3) is 0 Å². The number of aliphatic hydroxyl groups excluding tert-OH is 1. The summed E-state index contributed by atoms with van der Waals surface area (Å²) in [4.78, 5) is 11.7. The number of hydrogen-bond donors (Lipinski definition) is 3. The zero-order valence-electron chi connectivity index (χ0n) is 9.99. The van der Waals surface area contributed by atoms with Gasteiger partial charge in [0.15, 0.2) is 0 Å². The Morgan fingerprint density at radius 1 is 1.40 bits per heavy atom. The largest absolute Gasteiger partial charge is 0.396 e. The Bertz CT molecular complexity index is 183. The first-order chi connectivity index (χ1) is 7.02. The van der Waals surface area contributed by atoms with Gasteiger partial charge >= 0.3 is 0 Å². The molecule has 4 nitrogen and oxygen atoms in total. The van der Waals surface area contributed by atoms with Gasteiger partial charge in [0.25, 0.3) is 0 Å². The molecule has 4 heteroatoms. The number of nitrogens with two attached hydrogens (primary N) is 1. The van der Waals surface area contributed by atoms with E-state index < -0.39 is 0 Å². The number of nitrogens with one attached hydrogen (secondary N) is 1. The molecule has 90 valence electrons. The van der Waals surface area contributed by atoms with Crippen LogP contribution in [-0.2, 0) is 4.79 Å². The maximum Gasteiger partial charge on any atom is 0.224 e. The average molecular weight is 216 g/mol. The molecule has 0 aliphatic heterocycles. The number of carbonyl (C=O) groups is 1. The molecule has 0 aromatic heterocycles. The van der Waals surface area contributed by atoms with Crippen LogP contribution in [0.3, 0.4) is 0 Å². The minimum atomic E-state index is -0.110. The predicted octanol–water partition coefficient (Wildman–Crippen LogP) is 0.495. The number of hydrogen-bond acceptors (Lipinski definition) is 3. The fraction of sp³-hybridized carbons (Fsp3) is 0.909. The van der Waals surface area contributed by atoms with E-state index in [1.807, 2.05) is 20.8 Å². The van der Waals surface area contributed by atoms with E-state index in [2.05, 4.69) is 5.32 Å². The molecule has 0 aliphatic rings. The smallest absolute Gasteiger partial charge is 0.224 e. The standard InChI is InChI=1S/C11H24N2O2/c1-8(2)10(7-12)11(15)13-9(3)5-4-6-14/h8-10,14H,4-7,12H2,1-3H3,(H,13,15). The Balaban J connectivity index is 3.98. The highest BCUT2D eigenvalue weighted by atomic mass is 16.2. The van der Waals surface area contributed by atoms with Crippen LogP contribution in [0, 0.1) is 11.8 Å². The average Bonchev–Trinajstić information content (AvgIpc) is 2.15. The first-order valence-corrected chi connectivity index (χ1v) is 5.64. The van der Waals surface area contributed by atoms with E-state index in [0.717, 1.165) is 12.8 Å². The van der Waals surface area contributed by atoms with Gasteiger partial charge in [-0.15, -0.1) is 0 Å². The van der Waals surface area contributed by atoms with Crippen molar-refractivity contribution in [1.29, 1.82) is 0 Å². The number of rotatable bonds is 7. The quantitative estimate of drug-likeness (QED) is 0.580. The van der Waals surface area contributed by atoms with Crippen molar-refractivity contribution in [3.63, 3.8) is 0 Å². The molecule has 0 spiro atoms. The van der Waals surface area contributed by atoms with Gasteiger partial charge in [-0.1, -0.05) is 13.8 Å². The summed E-state index contributed by atoms with van der Waals surface area (Å²) in [6.07, 6.45) is 1.52. The lowest BCUT2D eigenvalue weighted by Crippen LogP contribution is -2.42. The van der Waals surface area contributed by atoms with Gasteiger partial charge in [-0.25, -0.2) is 0 Å². The third kappa shape index (κ3) is 5.74. The second kappa shape index (κ2) is 7.65. The molecule has 0 rings (SSSR count). The highest BCUT2D eigenvalue weighted by Crippen LogP contribution is 2.09. The molecule has 15 heavy (non-hydrogen) atoms. The minimum absolute atomic E-state index is 0.0259.